The van der Waals surface area contributed by atoms with Crippen molar-refractivity contribution in [3.63, 3.8) is 0 Å². The molecule has 0 aliphatic carbocycles. The number of nitrogens with zero attached hydrogens (tertiary/aromatic N) is 6. The maximum absolute atomic E-state index is 13.9. The number of halogens is 5. The number of piperazine rings is 1. The summed E-state index contributed by atoms with van der Waals surface area (Å²) in [6.07, 6.45) is -3.15. The number of morpholine rings is 1. The third-order valence-corrected chi connectivity index (χ3v) is 6.21. The van der Waals surface area contributed by atoms with Crippen molar-refractivity contribution >= 4 is 17.6 Å². The molecule has 0 radical (unpaired) electrons. The van der Waals surface area contributed by atoms with Gasteiger partial charge in [-0.25, -0.2) is 18.7 Å². The molecule has 190 valence electrons. The first-order valence-electron chi connectivity index (χ1n) is 11.5. The fourth-order valence-corrected chi connectivity index (χ4v) is 4.31. The monoisotopic (exact) mass is 506 g/mol. The van der Waals surface area contributed by atoms with Crippen LogP contribution in [0.3, 0.4) is 0 Å². The van der Waals surface area contributed by atoms with Crippen molar-refractivity contribution in [2.45, 2.75) is 6.18 Å². The van der Waals surface area contributed by atoms with E-state index >= 15 is 0 Å². The zero-order chi connectivity index (χ0) is 25.3. The zero-order valence-corrected chi connectivity index (χ0v) is 19.2. The van der Waals surface area contributed by atoms with E-state index in [1.165, 1.54) is 18.3 Å². The van der Waals surface area contributed by atoms with Crippen molar-refractivity contribution in [3.8, 4) is 11.3 Å². The van der Waals surface area contributed by atoms with Crippen molar-refractivity contribution < 1.29 is 26.7 Å². The number of hydrogen-bond acceptors (Lipinski definition) is 7. The first-order valence-corrected chi connectivity index (χ1v) is 11.5. The van der Waals surface area contributed by atoms with Crippen LogP contribution in [0.25, 0.3) is 11.3 Å². The van der Waals surface area contributed by atoms with Gasteiger partial charge in [-0.05, 0) is 30.3 Å². The molecule has 3 aromatic rings. The molecule has 0 atom stereocenters. The lowest BCUT2D eigenvalue weighted by molar-refractivity contribution is -0.137. The molecule has 36 heavy (non-hydrogen) atoms. The maximum atomic E-state index is 13.9. The minimum absolute atomic E-state index is 0.0937. The largest absolute Gasteiger partial charge is 0.419 e. The Hall–Kier alpha value is -3.54. The van der Waals surface area contributed by atoms with Crippen LogP contribution in [-0.2, 0) is 10.9 Å². The Bertz CT molecular complexity index is 1230. The second kappa shape index (κ2) is 9.84. The average Bonchev–Trinajstić information content (AvgIpc) is 2.90. The standard InChI is InChI=1S/C24H23F5N6O/c25-18-4-3-16(14-19(18)26)20-15-21(32-23(31-20)35-10-12-36-13-11-35)33-6-8-34(9-7-33)22-17(24(27,28)29)2-1-5-30-22/h1-5,14-15H,6-13H2. The number of hydrogen-bond donors (Lipinski definition) is 0. The minimum Gasteiger partial charge on any atom is -0.378 e. The summed E-state index contributed by atoms with van der Waals surface area (Å²) < 4.78 is 73.3. The SMILES string of the molecule is Fc1ccc(-c2cc(N3CCN(c4ncccc4C(F)(F)F)CC3)nc(N3CCOCC3)n2)cc1F. The van der Waals surface area contributed by atoms with Crippen molar-refractivity contribution in [2.24, 2.45) is 0 Å². The third-order valence-electron chi connectivity index (χ3n) is 6.21. The fraction of sp³-hybridized carbons (Fsp3) is 0.375. The van der Waals surface area contributed by atoms with Crippen LogP contribution in [0.5, 0.6) is 0 Å². The first-order chi connectivity index (χ1) is 17.3. The quantitative estimate of drug-likeness (QED) is 0.496. The highest BCUT2D eigenvalue weighted by atomic mass is 19.4. The Kier molecular flexibility index (Phi) is 6.61. The molecule has 2 fully saturated rings. The summed E-state index contributed by atoms with van der Waals surface area (Å²) in [6.45, 7) is 3.57. The molecule has 2 aliphatic heterocycles. The summed E-state index contributed by atoms with van der Waals surface area (Å²) in [5, 5.41) is 0. The Balaban J connectivity index is 1.43. The predicted molar refractivity (Wildman–Crippen MR) is 124 cm³/mol. The lowest BCUT2D eigenvalue weighted by atomic mass is 10.1. The van der Waals surface area contributed by atoms with Crippen LogP contribution in [0.2, 0.25) is 0 Å². The van der Waals surface area contributed by atoms with Gasteiger partial charge >= 0.3 is 6.18 Å². The highest BCUT2D eigenvalue weighted by Gasteiger charge is 2.36. The summed E-state index contributed by atoms with van der Waals surface area (Å²) in [5.41, 5.74) is 0.0524. The summed E-state index contributed by atoms with van der Waals surface area (Å²) in [4.78, 5) is 18.8. The molecule has 0 bridgehead atoms. The van der Waals surface area contributed by atoms with E-state index in [1.54, 1.807) is 11.0 Å². The Morgan fingerprint density at radius 2 is 1.50 bits per heavy atom. The molecule has 0 N–H and O–H groups in total. The number of pyridine rings is 1. The molecule has 0 amide bonds. The second-order valence-electron chi connectivity index (χ2n) is 8.49. The second-order valence-corrected chi connectivity index (χ2v) is 8.49. The van der Waals surface area contributed by atoms with Gasteiger partial charge in [0.1, 0.15) is 11.6 Å². The van der Waals surface area contributed by atoms with Crippen molar-refractivity contribution in [1.29, 1.82) is 0 Å². The van der Waals surface area contributed by atoms with Gasteiger partial charge in [-0.2, -0.15) is 18.2 Å². The minimum atomic E-state index is -4.50. The summed E-state index contributed by atoms with van der Waals surface area (Å²) in [7, 11) is 0. The first kappa shape index (κ1) is 24.2. The fourth-order valence-electron chi connectivity index (χ4n) is 4.31. The van der Waals surface area contributed by atoms with Gasteiger partial charge in [-0.15, -0.1) is 0 Å². The summed E-state index contributed by atoms with van der Waals surface area (Å²) in [5.74, 6) is -1.04. The number of ether oxygens (including phenoxy) is 1. The predicted octanol–water partition coefficient (Wildman–Crippen LogP) is 4.00. The van der Waals surface area contributed by atoms with Gasteiger partial charge in [-0.3, -0.25) is 0 Å². The van der Waals surface area contributed by atoms with Crippen molar-refractivity contribution in [2.75, 3.05) is 67.2 Å². The van der Waals surface area contributed by atoms with E-state index in [0.29, 0.717) is 75.5 Å². The molecule has 4 heterocycles. The summed E-state index contributed by atoms with van der Waals surface area (Å²) >= 11 is 0. The van der Waals surface area contributed by atoms with Crippen LogP contribution in [0, 0.1) is 11.6 Å². The van der Waals surface area contributed by atoms with Gasteiger partial charge in [0.05, 0.1) is 24.5 Å². The molecule has 0 saturated carbocycles. The molecule has 2 saturated heterocycles. The molecule has 7 nitrogen and oxygen atoms in total. The van der Waals surface area contributed by atoms with E-state index in [2.05, 4.69) is 9.97 Å². The lowest BCUT2D eigenvalue weighted by Crippen LogP contribution is -2.48. The molecule has 2 aromatic heterocycles. The Morgan fingerprint density at radius 1 is 0.778 bits per heavy atom. The number of rotatable bonds is 4. The highest BCUT2D eigenvalue weighted by Crippen LogP contribution is 2.36. The van der Waals surface area contributed by atoms with Gasteiger partial charge in [0.2, 0.25) is 5.95 Å². The van der Waals surface area contributed by atoms with Gasteiger partial charge in [0.25, 0.3) is 0 Å². The third kappa shape index (κ3) is 5.03. The molecule has 12 heteroatoms. The average molecular weight is 506 g/mol. The highest BCUT2D eigenvalue weighted by molar-refractivity contribution is 5.65. The lowest BCUT2D eigenvalue weighted by Gasteiger charge is -2.37. The molecule has 5 rings (SSSR count). The van der Waals surface area contributed by atoms with E-state index in [4.69, 9.17) is 9.72 Å². The van der Waals surface area contributed by atoms with Crippen LogP contribution >= 0.6 is 0 Å². The molecular formula is C24H23F5N6O. The molecule has 0 spiro atoms. The van der Waals surface area contributed by atoms with E-state index in [1.807, 2.05) is 9.80 Å². The summed E-state index contributed by atoms with van der Waals surface area (Å²) in [6, 6.07) is 7.57. The Morgan fingerprint density at radius 3 is 2.19 bits per heavy atom. The van der Waals surface area contributed by atoms with E-state index in [-0.39, 0.29) is 5.82 Å². The van der Waals surface area contributed by atoms with Gasteiger partial charge in [0.15, 0.2) is 11.6 Å². The number of anilines is 3. The number of aromatic nitrogens is 3. The topological polar surface area (TPSA) is 57.6 Å². The van der Waals surface area contributed by atoms with Crippen LogP contribution in [0.15, 0.2) is 42.6 Å². The maximum Gasteiger partial charge on any atom is 0.419 e. The van der Waals surface area contributed by atoms with Gasteiger partial charge < -0.3 is 19.4 Å². The van der Waals surface area contributed by atoms with Gasteiger partial charge in [-0.1, -0.05) is 0 Å². The zero-order valence-electron chi connectivity index (χ0n) is 19.2. The number of benzene rings is 1. The van der Waals surface area contributed by atoms with Crippen molar-refractivity contribution in [1.82, 2.24) is 15.0 Å². The number of alkyl halides is 3. The molecule has 0 unspecified atom stereocenters. The Labute approximate surface area is 204 Å². The van der Waals surface area contributed by atoms with Crippen LogP contribution in [0.4, 0.5) is 39.5 Å². The van der Waals surface area contributed by atoms with Crippen molar-refractivity contribution in [3.05, 3.63) is 59.8 Å². The van der Waals surface area contributed by atoms with E-state index in [9.17, 15) is 22.0 Å². The molecule has 2 aliphatic rings. The molecular weight excluding hydrogens is 483 g/mol. The molecule has 1 aromatic carbocycles. The van der Waals surface area contributed by atoms with Crippen LogP contribution < -0.4 is 14.7 Å². The van der Waals surface area contributed by atoms with Crippen LogP contribution in [0.1, 0.15) is 5.56 Å². The smallest absolute Gasteiger partial charge is 0.378 e. The van der Waals surface area contributed by atoms with E-state index < -0.39 is 23.4 Å². The van der Waals surface area contributed by atoms with E-state index in [0.717, 1.165) is 18.2 Å². The van der Waals surface area contributed by atoms with Crippen LogP contribution in [-0.4, -0.2) is 67.4 Å². The normalized spacial score (nSPS) is 17.0. The van der Waals surface area contributed by atoms with Gasteiger partial charge in [0, 0.05) is 57.1 Å².